The molecule has 7 aromatic carbocycles. The van der Waals surface area contributed by atoms with Crippen molar-refractivity contribution in [1.29, 1.82) is 0 Å². The summed E-state index contributed by atoms with van der Waals surface area (Å²) in [7, 11) is 0. The normalized spacial score (nSPS) is 12.1. The number of fused-ring (bicyclic) bond motifs is 7. The van der Waals surface area contributed by atoms with Crippen LogP contribution in [0.15, 0.2) is 176 Å². The van der Waals surface area contributed by atoms with E-state index in [0.29, 0.717) is 0 Å². The van der Waals surface area contributed by atoms with Gasteiger partial charge in [-0.15, -0.1) is 0 Å². The Balaban J connectivity index is 1.15. The summed E-state index contributed by atoms with van der Waals surface area (Å²) in [6, 6.07) is 60.6. The van der Waals surface area contributed by atoms with Crippen molar-refractivity contribution in [3.63, 3.8) is 0 Å². The molecule has 0 aliphatic carbocycles. The Labute approximate surface area is 330 Å². The molecule has 0 unspecified atom stereocenters. The molecule has 5 nitrogen and oxygen atoms in total. The molecule has 4 heterocycles. The number of nitrogens with zero attached hydrogens (tertiary/aromatic N) is 4. The molecular weight excluding hydrogens is 695 g/mol. The van der Waals surface area contributed by atoms with Gasteiger partial charge in [0.15, 0.2) is 0 Å². The van der Waals surface area contributed by atoms with Crippen LogP contribution >= 0.6 is 0 Å². The van der Waals surface area contributed by atoms with Gasteiger partial charge in [0.25, 0.3) is 0 Å². The molecule has 0 amide bonds. The molecule has 0 saturated heterocycles. The number of rotatable bonds is 5. The lowest BCUT2D eigenvalue weighted by molar-refractivity contribution is 0.596. The Morgan fingerprint density at radius 2 is 1.21 bits per heavy atom. The van der Waals surface area contributed by atoms with E-state index in [1.807, 2.05) is 6.20 Å². The Morgan fingerprint density at radius 3 is 2.05 bits per heavy atom. The van der Waals surface area contributed by atoms with Crippen molar-refractivity contribution in [2.45, 2.75) is 26.2 Å². The molecule has 0 bridgehead atoms. The first-order valence-corrected chi connectivity index (χ1v) is 19.6. The van der Waals surface area contributed by atoms with Crippen molar-refractivity contribution < 1.29 is 0 Å². The second-order valence-corrected chi connectivity index (χ2v) is 16.0. The lowest BCUT2D eigenvalue weighted by Gasteiger charge is -2.20. The summed E-state index contributed by atoms with van der Waals surface area (Å²) in [5, 5.41) is 4.87. The fourth-order valence-electron chi connectivity index (χ4n) is 8.88. The topological polar surface area (TPSA) is 51.4 Å². The van der Waals surface area contributed by atoms with Crippen molar-refractivity contribution in [3.8, 4) is 45.1 Å². The van der Waals surface area contributed by atoms with E-state index in [1.54, 1.807) is 0 Å². The molecule has 11 rings (SSSR count). The molecule has 0 radical (unpaired) electrons. The molecule has 4 aromatic heterocycles. The highest BCUT2D eigenvalue weighted by atomic mass is 15.1. The van der Waals surface area contributed by atoms with Gasteiger partial charge in [0.1, 0.15) is 11.6 Å². The predicted molar refractivity (Wildman–Crippen MR) is 238 cm³/mol. The van der Waals surface area contributed by atoms with E-state index in [2.05, 4.69) is 205 Å². The molecule has 0 saturated carbocycles. The van der Waals surface area contributed by atoms with Crippen LogP contribution in [0.5, 0.6) is 0 Å². The number of aromatic nitrogens is 5. The number of hydrogen-bond donors (Lipinski definition) is 1. The Kier molecular flexibility index (Phi) is 7.35. The average Bonchev–Trinajstić information content (AvgIpc) is 3.93. The molecule has 11 aromatic rings. The summed E-state index contributed by atoms with van der Waals surface area (Å²) in [4.78, 5) is 14.4. The van der Waals surface area contributed by atoms with Crippen LogP contribution in [0.2, 0.25) is 0 Å². The van der Waals surface area contributed by atoms with Crippen LogP contribution in [0.4, 0.5) is 0 Å². The molecular formula is C52H39N5. The van der Waals surface area contributed by atoms with Crippen LogP contribution in [0.3, 0.4) is 0 Å². The van der Waals surface area contributed by atoms with Crippen molar-refractivity contribution >= 4 is 54.6 Å². The summed E-state index contributed by atoms with van der Waals surface area (Å²) in [6.45, 7) is 6.86. The third-order valence-electron chi connectivity index (χ3n) is 11.5. The largest absolute Gasteiger partial charge is 0.354 e. The average molecular weight is 734 g/mol. The third kappa shape index (κ3) is 5.23. The number of imidazole rings is 1. The lowest BCUT2D eigenvalue weighted by Crippen LogP contribution is -2.11. The van der Waals surface area contributed by atoms with Crippen LogP contribution in [0.25, 0.3) is 99.8 Å². The van der Waals surface area contributed by atoms with Gasteiger partial charge < -0.3 is 4.98 Å². The maximum absolute atomic E-state index is 5.60. The molecule has 5 heteroatoms. The summed E-state index contributed by atoms with van der Waals surface area (Å²) >= 11 is 0. The van der Waals surface area contributed by atoms with Crippen molar-refractivity contribution in [3.05, 3.63) is 182 Å². The van der Waals surface area contributed by atoms with Crippen LogP contribution in [0, 0.1) is 0 Å². The number of para-hydroxylation sites is 4. The van der Waals surface area contributed by atoms with Gasteiger partial charge in [-0.25, -0.2) is 9.97 Å². The maximum Gasteiger partial charge on any atom is 0.147 e. The van der Waals surface area contributed by atoms with Gasteiger partial charge in [0, 0.05) is 50.1 Å². The number of aromatic amines is 1. The number of hydrogen-bond acceptors (Lipinski definition) is 2. The van der Waals surface area contributed by atoms with Crippen molar-refractivity contribution in [2.24, 2.45) is 0 Å². The van der Waals surface area contributed by atoms with Gasteiger partial charge in [0.05, 0.1) is 27.6 Å². The minimum atomic E-state index is -0.00963. The second-order valence-electron chi connectivity index (χ2n) is 16.0. The van der Waals surface area contributed by atoms with Gasteiger partial charge in [-0.05, 0) is 82.3 Å². The van der Waals surface area contributed by atoms with E-state index >= 15 is 0 Å². The zero-order valence-electron chi connectivity index (χ0n) is 32.0. The van der Waals surface area contributed by atoms with E-state index < -0.39 is 0 Å². The standard InChI is InChI=1S/C52H39N5/c1-52(2,3)42-23-14-24-43-48(42)40-21-12-22-41(49(40)54-43)51-55-50-37(20-13-26-45(50)56(51)36-17-8-5-9-18-36)35-27-28-39-38-19-10-11-25-44(38)57(46(39)31-35)47-32-34(29-30-53-47)33-15-6-4-7-16-33/h4-32,54H,1-3H3. The van der Waals surface area contributed by atoms with Crippen molar-refractivity contribution in [1.82, 2.24) is 24.1 Å². The van der Waals surface area contributed by atoms with Crippen LogP contribution in [-0.2, 0) is 5.41 Å². The number of H-pyrrole nitrogens is 1. The molecule has 0 spiro atoms. The highest BCUT2D eigenvalue weighted by Crippen LogP contribution is 2.42. The first-order chi connectivity index (χ1) is 27.9. The second kappa shape index (κ2) is 12.7. The molecule has 0 aliphatic rings. The van der Waals surface area contributed by atoms with Crippen molar-refractivity contribution in [2.75, 3.05) is 0 Å². The number of nitrogens with one attached hydrogen (secondary N) is 1. The smallest absolute Gasteiger partial charge is 0.147 e. The maximum atomic E-state index is 5.60. The van der Waals surface area contributed by atoms with Gasteiger partial charge >= 0.3 is 0 Å². The fraction of sp³-hybridized carbons (Fsp3) is 0.0769. The van der Waals surface area contributed by atoms with Gasteiger partial charge in [-0.3, -0.25) is 9.13 Å². The quantitative estimate of drug-likeness (QED) is 0.191. The highest BCUT2D eigenvalue weighted by molar-refractivity contribution is 6.14. The van der Waals surface area contributed by atoms with Gasteiger partial charge in [-0.1, -0.05) is 136 Å². The molecule has 1 N–H and O–H groups in total. The lowest BCUT2D eigenvalue weighted by atomic mass is 9.84. The van der Waals surface area contributed by atoms with Crippen LogP contribution < -0.4 is 0 Å². The Morgan fingerprint density at radius 1 is 0.509 bits per heavy atom. The van der Waals surface area contributed by atoms with E-state index in [0.717, 1.165) is 78.2 Å². The van der Waals surface area contributed by atoms with Crippen LogP contribution in [0.1, 0.15) is 26.3 Å². The van der Waals surface area contributed by atoms with E-state index in [1.165, 1.54) is 27.1 Å². The SMILES string of the molecule is CC(C)(C)c1cccc2[nH]c3c(-c4nc5c(-c6ccc7c8ccccc8n(-c8cc(-c9ccccc9)ccn8)c7c6)cccc5n4-c4ccccc4)cccc3c12. The van der Waals surface area contributed by atoms with Gasteiger partial charge in [0.2, 0.25) is 0 Å². The minimum Gasteiger partial charge on any atom is -0.354 e. The monoisotopic (exact) mass is 733 g/mol. The predicted octanol–water partition coefficient (Wildman–Crippen LogP) is 13.5. The summed E-state index contributed by atoms with van der Waals surface area (Å²) in [5.41, 5.74) is 14.4. The van der Waals surface area contributed by atoms with E-state index in [9.17, 15) is 0 Å². The molecule has 272 valence electrons. The highest BCUT2D eigenvalue weighted by Gasteiger charge is 2.24. The molecule has 0 fully saturated rings. The first kappa shape index (κ1) is 33.1. The molecule has 0 atom stereocenters. The molecule has 57 heavy (non-hydrogen) atoms. The zero-order valence-corrected chi connectivity index (χ0v) is 32.0. The molecule has 0 aliphatic heterocycles. The summed E-state index contributed by atoms with van der Waals surface area (Å²) in [6.07, 6.45) is 1.91. The number of pyridine rings is 1. The third-order valence-corrected chi connectivity index (χ3v) is 11.5. The van der Waals surface area contributed by atoms with Crippen LogP contribution in [-0.4, -0.2) is 24.1 Å². The number of benzene rings is 7. The fourth-order valence-corrected chi connectivity index (χ4v) is 8.88. The zero-order chi connectivity index (χ0) is 38.3. The Hall–Kier alpha value is -7.24. The summed E-state index contributed by atoms with van der Waals surface area (Å²) in [5.74, 6) is 1.78. The minimum absolute atomic E-state index is 0.00963. The summed E-state index contributed by atoms with van der Waals surface area (Å²) < 4.78 is 4.62. The van der Waals surface area contributed by atoms with E-state index in [4.69, 9.17) is 9.97 Å². The first-order valence-electron chi connectivity index (χ1n) is 19.6. The van der Waals surface area contributed by atoms with E-state index in [-0.39, 0.29) is 5.41 Å². The Bertz CT molecular complexity index is 3320. The van der Waals surface area contributed by atoms with Gasteiger partial charge in [-0.2, -0.15) is 0 Å².